The topological polar surface area (TPSA) is 67.4 Å². The van der Waals surface area contributed by atoms with Gasteiger partial charge >= 0.3 is 0 Å². The van der Waals surface area contributed by atoms with Crippen LogP contribution in [0, 0.1) is 12.8 Å². The van der Waals surface area contributed by atoms with Gasteiger partial charge in [-0.1, -0.05) is 12.1 Å². The molecule has 2 saturated heterocycles. The first-order valence-electron chi connectivity index (χ1n) is 11.1. The van der Waals surface area contributed by atoms with Crippen LogP contribution in [0.4, 0.5) is 0 Å². The fourth-order valence-electron chi connectivity index (χ4n) is 3.84. The SMILES string of the molecule is CN=C(NCc1ccc(C)cc1OCC1CCOC1)NCC(C)(C)N1CCOCC1. The Kier molecular flexibility index (Phi) is 8.36. The molecule has 0 radical (unpaired) electrons. The smallest absolute Gasteiger partial charge is 0.191 e. The molecular formula is C23H38N4O3. The number of morpholine rings is 1. The highest BCUT2D eigenvalue weighted by Gasteiger charge is 2.28. The van der Waals surface area contributed by atoms with Crippen molar-refractivity contribution >= 4 is 5.96 Å². The van der Waals surface area contributed by atoms with E-state index in [-0.39, 0.29) is 5.54 Å². The van der Waals surface area contributed by atoms with Gasteiger partial charge in [0.25, 0.3) is 0 Å². The summed E-state index contributed by atoms with van der Waals surface area (Å²) in [5.74, 6) is 2.23. The molecular weight excluding hydrogens is 380 g/mol. The number of ether oxygens (including phenoxy) is 3. The molecule has 168 valence electrons. The lowest BCUT2D eigenvalue weighted by atomic mass is 10.0. The first-order valence-corrected chi connectivity index (χ1v) is 11.1. The second-order valence-corrected chi connectivity index (χ2v) is 8.84. The third kappa shape index (κ3) is 6.59. The Morgan fingerprint density at radius 1 is 1.20 bits per heavy atom. The molecule has 7 nitrogen and oxygen atoms in total. The molecule has 2 N–H and O–H groups in total. The van der Waals surface area contributed by atoms with Crippen molar-refractivity contribution in [2.75, 3.05) is 59.7 Å². The summed E-state index contributed by atoms with van der Waals surface area (Å²) in [6.07, 6.45) is 1.08. The normalized spacial score (nSPS) is 20.9. The van der Waals surface area contributed by atoms with E-state index >= 15 is 0 Å². The highest BCUT2D eigenvalue weighted by molar-refractivity contribution is 5.79. The van der Waals surface area contributed by atoms with Gasteiger partial charge < -0.3 is 24.8 Å². The molecule has 2 fully saturated rings. The summed E-state index contributed by atoms with van der Waals surface area (Å²) in [7, 11) is 1.81. The van der Waals surface area contributed by atoms with Crippen molar-refractivity contribution in [2.24, 2.45) is 10.9 Å². The summed E-state index contributed by atoms with van der Waals surface area (Å²) in [5.41, 5.74) is 2.36. The van der Waals surface area contributed by atoms with Crippen LogP contribution in [0.15, 0.2) is 23.2 Å². The summed E-state index contributed by atoms with van der Waals surface area (Å²) in [5, 5.41) is 6.92. The number of rotatable bonds is 8. The van der Waals surface area contributed by atoms with Crippen LogP contribution < -0.4 is 15.4 Å². The number of benzene rings is 1. The number of hydrogen-bond donors (Lipinski definition) is 2. The molecule has 1 aromatic rings. The number of hydrogen-bond acceptors (Lipinski definition) is 5. The first-order chi connectivity index (χ1) is 14.5. The van der Waals surface area contributed by atoms with Crippen LogP contribution in [0.3, 0.4) is 0 Å². The van der Waals surface area contributed by atoms with Gasteiger partial charge in [-0.2, -0.15) is 0 Å². The van der Waals surface area contributed by atoms with E-state index in [1.54, 1.807) is 0 Å². The summed E-state index contributed by atoms with van der Waals surface area (Å²) in [4.78, 5) is 6.87. The predicted octanol–water partition coefficient (Wildman–Crippen LogP) is 2.19. The molecule has 1 unspecified atom stereocenters. The van der Waals surface area contributed by atoms with Gasteiger partial charge in [-0.25, -0.2) is 0 Å². The molecule has 30 heavy (non-hydrogen) atoms. The van der Waals surface area contributed by atoms with Crippen LogP contribution in [0.1, 0.15) is 31.4 Å². The van der Waals surface area contributed by atoms with Crippen LogP contribution in [-0.4, -0.2) is 76.1 Å². The number of guanidine groups is 1. The average molecular weight is 419 g/mol. The molecule has 2 aliphatic heterocycles. The lowest BCUT2D eigenvalue weighted by Crippen LogP contribution is -2.56. The molecule has 0 saturated carbocycles. The minimum atomic E-state index is 0.0306. The lowest BCUT2D eigenvalue weighted by molar-refractivity contribution is -0.00834. The second kappa shape index (κ2) is 11.0. The standard InChI is InChI=1S/C23H38N4O3/c1-18-5-6-20(21(13-18)30-16-19-7-10-29-15-19)14-25-22(24-4)26-17-23(2,3)27-8-11-28-12-9-27/h5-6,13,19H,7-12,14-17H2,1-4H3,(H2,24,25,26). The molecule has 0 amide bonds. The van der Waals surface area contributed by atoms with Gasteiger partial charge in [0.05, 0.1) is 26.4 Å². The van der Waals surface area contributed by atoms with Gasteiger partial charge in [-0.05, 0) is 38.8 Å². The van der Waals surface area contributed by atoms with Crippen LogP contribution in [0.25, 0.3) is 0 Å². The molecule has 0 aromatic heterocycles. The molecule has 1 atom stereocenters. The molecule has 0 aliphatic carbocycles. The number of aliphatic imine (C=N–C) groups is 1. The minimum absolute atomic E-state index is 0.0306. The van der Waals surface area contributed by atoms with Gasteiger partial charge in [0.2, 0.25) is 0 Å². The molecule has 0 spiro atoms. The second-order valence-electron chi connectivity index (χ2n) is 8.84. The maximum atomic E-state index is 6.16. The van der Waals surface area contributed by atoms with E-state index in [1.165, 1.54) is 5.56 Å². The van der Waals surface area contributed by atoms with Gasteiger partial charge in [0, 0.05) is 56.9 Å². The maximum Gasteiger partial charge on any atom is 0.191 e. The van der Waals surface area contributed by atoms with Crippen molar-refractivity contribution < 1.29 is 14.2 Å². The van der Waals surface area contributed by atoms with Crippen LogP contribution in [0.2, 0.25) is 0 Å². The monoisotopic (exact) mass is 418 g/mol. The molecule has 2 aliphatic rings. The summed E-state index contributed by atoms with van der Waals surface area (Å²) in [6, 6.07) is 6.37. The Morgan fingerprint density at radius 2 is 2.00 bits per heavy atom. The van der Waals surface area contributed by atoms with E-state index in [0.29, 0.717) is 19.1 Å². The van der Waals surface area contributed by atoms with Crippen molar-refractivity contribution in [3.8, 4) is 5.75 Å². The fourth-order valence-corrected chi connectivity index (χ4v) is 3.84. The van der Waals surface area contributed by atoms with Gasteiger partial charge in [0.1, 0.15) is 5.75 Å². The predicted molar refractivity (Wildman–Crippen MR) is 120 cm³/mol. The number of aryl methyl sites for hydroxylation is 1. The third-order valence-corrected chi connectivity index (χ3v) is 5.95. The van der Waals surface area contributed by atoms with E-state index in [4.69, 9.17) is 14.2 Å². The summed E-state index contributed by atoms with van der Waals surface area (Å²) >= 11 is 0. The highest BCUT2D eigenvalue weighted by atomic mass is 16.5. The Morgan fingerprint density at radius 3 is 2.70 bits per heavy atom. The Labute approximate surface area is 181 Å². The van der Waals surface area contributed by atoms with Crippen LogP contribution in [0.5, 0.6) is 5.75 Å². The van der Waals surface area contributed by atoms with Crippen molar-refractivity contribution in [3.05, 3.63) is 29.3 Å². The summed E-state index contributed by atoms with van der Waals surface area (Å²) in [6.45, 7) is 14.0. The Bertz CT molecular complexity index is 696. The minimum Gasteiger partial charge on any atom is -0.493 e. The zero-order valence-electron chi connectivity index (χ0n) is 19.0. The number of nitrogens with zero attached hydrogens (tertiary/aromatic N) is 2. The molecule has 2 heterocycles. The molecule has 1 aromatic carbocycles. The van der Waals surface area contributed by atoms with Crippen LogP contribution >= 0.6 is 0 Å². The zero-order valence-corrected chi connectivity index (χ0v) is 19.0. The molecule has 0 bridgehead atoms. The molecule has 3 rings (SSSR count). The van der Waals surface area contributed by atoms with E-state index in [2.05, 4.69) is 59.5 Å². The van der Waals surface area contributed by atoms with Gasteiger partial charge in [0.15, 0.2) is 5.96 Å². The quantitative estimate of drug-likeness (QED) is 0.498. The van der Waals surface area contributed by atoms with E-state index < -0.39 is 0 Å². The summed E-state index contributed by atoms with van der Waals surface area (Å²) < 4.78 is 17.1. The average Bonchev–Trinajstić information content (AvgIpc) is 3.27. The van der Waals surface area contributed by atoms with E-state index in [1.807, 2.05) is 7.05 Å². The third-order valence-electron chi connectivity index (χ3n) is 5.95. The zero-order chi connectivity index (χ0) is 21.4. The first kappa shape index (κ1) is 22.8. The maximum absolute atomic E-state index is 6.16. The molecule has 7 heteroatoms. The largest absolute Gasteiger partial charge is 0.493 e. The highest BCUT2D eigenvalue weighted by Crippen LogP contribution is 2.23. The lowest BCUT2D eigenvalue weighted by Gasteiger charge is -2.41. The van der Waals surface area contributed by atoms with Crippen molar-refractivity contribution in [1.29, 1.82) is 0 Å². The van der Waals surface area contributed by atoms with Gasteiger partial charge in [-0.3, -0.25) is 9.89 Å². The van der Waals surface area contributed by atoms with Crippen LogP contribution in [-0.2, 0) is 16.0 Å². The van der Waals surface area contributed by atoms with Crippen molar-refractivity contribution in [2.45, 2.75) is 39.3 Å². The fraction of sp³-hybridized carbons (Fsp3) is 0.696. The Hall–Kier alpha value is -1.83. The van der Waals surface area contributed by atoms with Gasteiger partial charge in [-0.15, -0.1) is 0 Å². The van der Waals surface area contributed by atoms with Crippen molar-refractivity contribution in [3.63, 3.8) is 0 Å². The number of nitrogens with one attached hydrogen (secondary N) is 2. The van der Waals surface area contributed by atoms with E-state index in [0.717, 1.165) is 69.8 Å². The van der Waals surface area contributed by atoms with E-state index in [9.17, 15) is 0 Å². The Balaban J connectivity index is 1.52. The van der Waals surface area contributed by atoms with Crippen molar-refractivity contribution in [1.82, 2.24) is 15.5 Å².